The second kappa shape index (κ2) is 9.54. The molecular weight excluding hydrogens is 332 g/mol. The second-order valence-corrected chi connectivity index (χ2v) is 7.27. The van der Waals surface area contributed by atoms with Gasteiger partial charge in [-0.3, -0.25) is 4.90 Å². The maximum Gasteiger partial charge on any atom is 0.0664 e. The summed E-state index contributed by atoms with van der Waals surface area (Å²) in [5.41, 5.74) is 5.22. The first-order valence-corrected chi connectivity index (χ1v) is 9.78. The summed E-state index contributed by atoms with van der Waals surface area (Å²) in [7, 11) is 0. The van der Waals surface area contributed by atoms with E-state index in [4.69, 9.17) is 0 Å². The maximum absolute atomic E-state index is 10.2. The molecule has 1 aromatic heterocycles. The fourth-order valence-corrected chi connectivity index (χ4v) is 3.40. The van der Waals surface area contributed by atoms with Gasteiger partial charge in [-0.05, 0) is 42.2 Å². The summed E-state index contributed by atoms with van der Waals surface area (Å²) in [6.45, 7) is 7.42. The molecule has 3 nitrogen and oxygen atoms in total. The Morgan fingerprint density at radius 1 is 0.926 bits per heavy atom. The Bertz CT molecular complexity index is 825. The molecule has 0 saturated carbocycles. The Morgan fingerprint density at radius 3 is 2.41 bits per heavy atom. The third kappa shape index (κ3) is 5.56. The summed E-state index contributed by atoms with van der Waals surface area (Å²) in [4.78, 5) is 2.34. The van der Waals surface area contributed by atoms with Gasteiger partial charge in [0.05, 0.1) is 6.10 Å². The normalized spacial score (nSPS) is 12.4. The van der Waals surface area contributed by atoms with Crippen molar-refractivity contribution >= 4 is 0 Å². The summed E-state index contributed by atoms with van der Waals surface area (Å²) in [6.07, 6.45) is 2.63. The lowest BCUT2D eigenvalue weighted by atomic mass is 10.1. The topological polar surface area (TPSA) is 28.4 Å². The van der Waals surface area contributed by atoms with E-state index in [1.54, 1.807) is 0 Å². The molecule has 3 rings (SSSR count). The average Bonchev–Trinajstić information content (AvgIpc) is 3.11. The average molecular weight is 363 g/mol. The van der Waals surface area contributed by atoms with E-state index in [-0.39, 0.29) is 6.10 Å². The van der Waals surface area contributed by atoms with Gasteiger partial charge in [-0.25, -0.2) is 0 Å². The van der Waals surface area contributed by atoms with E-state index in [0.29, 0.717) is 6.54 Å². The van der Waals surface area contributed by atoms with Crippen LogP contribution in [-0.4, -0.2) is 27.2 Å². The third-order valence-corrected chi connectivity index (χ3v) is 5.10. The van der Waals surface area contributed by atoms with Gasteiger partial charge < -0.3 is 9.67 Å². The number of rotatable bonds is 9. The number of nitrogens with zero attached hydrogens (tertiary/aromatic N) is 2. The number of aliphatic hydroxyl groups excluding tert-OH is 1. The van der Waals surface area contributed by atoms with Crippen LogP contribution in [0.3, 0.4) is 0 Å². The molecule has 0 aliphatic carbocycles. The molecule has 0 saturated heterocycles. The molecule has 0 radical (unpaired) electrons. The summed E-state index contributed by atoms with van der Waals surface area (Å²) < 4.78 is 2.32. The number of hydrogen-bond donors (Lipinski definition) is 1. The first-order valence-electron chi connectivity index (χ1n) is 9.78. The fourth-order valence-electron chi connectivity index (χ4n) is 3.40. The van der Waals surface area contributed by atoms with Gasteiger partial charge in [0.2, 0.25) is 0 Å². The SMILES string of the molecule is CCC(O)CN(Cc1ccccc1)Cc1cccn1Cc1ccccc1C. The molecule has 1 N–H and O–H groups in total. The molecule has 0 spiro atoms. The minimum atomic E-state index is -0.298. The molecule has 3 aromatic rings. The Balaban J connectivity index is 1.75. The van der Waals surface area contributed by atoms with Crippen molar-refractivity contribution < 1.29 is 5.11 Å². The first kappa shape index (κ1) is 19.4. The van der Waals surface area contributed by atoms with E-state index < -0.39 is 0 Å². The molecular formula is C24H30N2O. The summed E-state index contributed by atoms with van der Waals surface area (Å²) in [6, 6.07) is 23.3. The van der Waals surface area contributed by atoms with Crippen molar-refractivity contribution in [1.82, 2.24) is 9.47 Å². The molecule has 0 aliphatic heterocycles. The predicted molar refractivity (Wildman–Crippen MR) is 112 cm³/mol. The van der Waals surface area contributed by atoms with Gasteiger partial charge in [0.25, 0.3) is 0 Å². The van der Waals surface area contributed by atoms with Crippen molar-refractivity contribution in [3.63, 3.8) is 0 Å². The van der Waals surface area contributed by atoms with Crippen LogP contribution in [0.1, 0.15) is 35.7 Å². The highest BCUT2D eigenvalue weighted by Gasteiger charge is 2.14. The zero-order valence-corrected chi connectivity index (χ0v) is 16.4. The molecule has 0 bridgehead atoms. The van der Waals surface area contributed by atoms with E-state index in [1.807, 2.05) is 13.0 Å². The largest absolute Gasteiger partial charge is 0.392 e. The molecule has 2 aromatic carbocycles. The highest BCUT2D eigenvalue weighted by Crippen LogP contribution is 2.15. The van der Waals surface area contributed by atoms with Crippen LogP contribution in [0.4, 0.5) is 0 Å². The van der Waals surface area contributed by atoms with Crippen molar-refractivity contribution in [2.75, 3.05) is 6.54 Å². The van der Waals surface area contributed by atoms with Crippen LogP contribution >= 0.6 is 0 Å². The standard InChI is InChI=1S/C24H30N2O/c1-3-24(27)19-25(16-21-11-5-4-6-12-21)18-23-14-9-15-26(23)17-22-13-8-7-10-20(22)2/h4-15,24,27H,3,16-19H2,1-2H3. The number of aliphatic hydroxyl groups is 1. The van der Waals surface area contributed by atoms with Gasteiger partial charge in [0.15, 0.2) is 0 Å². The van der Waals surface area contributed by atoms with Crippen molar-refractivity contribution in [2.24, 2.45) is 0 Å². The van der Waals surface area contributed by atoms with Crippen molar-refractivity contribution in [2.45, 2.75) is 46.0 Å². The van der Waals surface area contributed by atoms with Crippen LogP contribution in [0.25, 0.3) is 0 Å². The summed E-state index contributed by atoms with van der Waals surface area (Å²) in [5, 5.41) is 10.2. The molecule has 0 aliphatic rings. The van der Waals surface area contributed by atoms with Crippen LogP contribution in [-0.2, 0) is 19.6 Å². The van der Waals surface area contributed by atoms with Crippen LogP contribution in [0.2, 0.25) is 0 Å². The number of aromatic nitrogens is 1. The van der Waals surface area contributed by atoms with Gasteiger partial charge in [-0.15, -0.1) is 0 Å². The van der Waals surface area contributed by atoms with E-state index in [0.717, 1.165) is 26.1 Å². The Morgan fingerprint density at radius 2 is 1.67 bits per heavy atom. The van der Waals surface area contributed by atoms with Crippen LogP contribution in [0.5, 0.6) is 0 Å². The van der Waals surface area contributed by atoms with E-state index >= 15 is 0 Å². The maximum atomic E-state index is 10.2. The molecule has 142 valence electrons. The highest BCUT2D eigenvalue weighted by molar-refractivity contribution is 5.26. The molecule has 1 unspecified atom stereocenters. The second-order valence-electron chi connectivity index (χ2n) is 7.27. The number of hydrogen-bond acceptors (Lipinski definition) is 2. The Kier molecular flexibility index (Phi) is 6.86. The van der Waals surface area contributed by atoms with Gasteiger partial charge in [0, 0.05) is 38.1 Å². The van der Waals surface area contributed by atoms with Crippen molar-refractivity contribution in [1.29, 1.82) is 0 Å². The number of benzene rings is 2. The first-order chi connectivity index (χ1) is 13.2. The molecule has 1 heterocycles. The third-order valence-electron chi connectivity index (χ3n) is 5.10. The molecule has 27 heavy (non-hydrogen) atoms. The highest BCUT2D eigenvalue weighted by atomic mass is 16.3. The van der Waals surface area contributed by atoms with Crippen LogP contribution < -0.4 is 0 Å². The Hall–Kier alpha value is -2.36. The van der Waals surface area contributed by atoms with Gasteiger partial charge in [-0.2, -0.15) is 0 Å². The van der Waals surface area contributed by atoms with Crippen LogP contribution in [0, 0.1) is 6.92 Å². The van der Waals surface area contributed by atoms with E-state index in [1.165, 1.54) is 22.4 Å². The smallest absolute Gasteiger partial charge is 0.0664 e. The van der Waals surface area contributed by atoms with E-state index in [9.17, 15) is 5.11 Å². The zero-order valence-electron chi connectivity index (χ0n) is 16.4. The van der Waals surface area contributed by atoms with E-state index in [2.05, 4.69) is 83.3 Å². The lowest BCUT2D eigenvalue weighted by molar-refractivity contribution is 0.100. The summed E-state index contributed by atoms with van der Waals surface area (Å²) in [5.74, 6) is 0. The van der Waals surface area contributed by atoms with Gasteiger partial charge in [0.1, 0.15) is 0 Å². The number of aryl methyl sites for hydroxylation is 1. The Labute approximate surface area is 162 Å². The molecule has 0 fully saturated rings. The quantitative estimate of drug-likeness (QED) is 0.602. The van der Waals surface area contributed by atoms with Crippen molar-refractivity contribution in [3.05, 3.63) is 95.3 Å². The molecule has 3 heteroatoms. The van der Waals surface area contributed by atoms with Gasteiger partial charge >= 0.3 is 0 Å². The molecule has 0 amide bonds. The van der Waals surface area contributed by atoms with Gasteiger partial charge in [-0.1, -0.05) is 61.5 Å². The predicted octanol–water partition coefficient (Wildman–Crippen LogP) is 4.62. The fraction of sp³-hybridized carbons (Fsp3) is 0.333. The summed E-state index contributed by atoms with van der Waals surface area (Å²) >= 11 is 0. The lowest BCUT2D eigenvalue weighted by Gasteiger charge is -2.25. The molecule has 1 atom stereocenters. The monoisotopic (exact) mass is 362 g/mol. The minimum absolute atomic E-state index is 0.298. The zero-order chi connectivity index (χ0) is 19.1. The lowest BCUT2D eigenvalue weighted by Crippen LogP contribution is -2.32. The van der Waals surface area contributed by atoms with Crippen LogP contribution in [0.15, 0.2) is 72.9 Å². The minimum Gasteiger partial charge on any atom is -0.392 e. The van der Waals surface area contributed by atoms with Crippen molar-refractivity contribution in [3.8, 4) is 0 Å².